The van der Waals surface area contributed by atoms with Crippen molar-refractivity contribution in [2.24, 2.45) is 0 Å². The molecule has 2 aromatic rings. The van der Waals surface area contributed by atoms with Crippen LogP contribution in [0.2, 0.25) is 5.02 Å². The number of benzene rings is 2. The molecule has 1 aliphatic rings. The number of nitro groups is 1. The first kappa shape index (κ1) is 17.6. The molecule has 1 fully saturated rings. The van der Waals surface area contributed by atoms with Gasteiger partial charge in [0.15, 0.2) is 0 Å². The van der Waals surface area contributed by atoms with Gasteiger partial charge in [-0.1, -0.05) is 23.7 Å². The third-order valence-corrected chi connectivity index (χ3v) is 4.44. The molecule has 8 heteroatoms. The van der Waals surface area contributed by atoms with E-state index in [4.69, 9.17) is 11.6 Å². The number of nitro benzene ring substituents is 1. The third-order valence-electron chi connectivity index (χ3n) is 4.19. The highest BCUT2D eigenvalue weighted by Gasteiger charge is 2.44. The SMILES string of the molecule is CN1C(=O)C(=O)/C(=C(\O)c2ccc(Cl)cc2)[C@@H]1c1cccc([N+](=O)[O-])c1. The van der Waals surface area contributed by atoms with Gasteiger partial charge in [-0.25, -0.2) is 0 Å². The standard InChI is InChI=1S/C18H13ClN2O5/c1-20-15(11-3-2-4-13(9-11)21(25)26)14(17(23)18(20)24)16(22)10-5-7-12(19)8-6-10/h2-9,15,22H,1H3/b16-14-/t15-/m0/s1. The van der Waals surface area contributed by atoms with E-state index in [1.165, 1.54) is 37.4 Å². The van der Waals surface area contributed by atoms with Crippen LogP contribution in [-0.4, -0.2) is 33.7 Å². The van der Waals surface area contributed by atoms with Crippen molar-refractivity contribution in [2.45, 2.75) is 6.04 Å². The Morgan fingerprint density at radius 3 is 2.46 bits per heavy atom. The molecule has 26 heavy (non-hydrogen) atoms. The Labute approximate surface area is 153 Å². The lowest BCUT2D eigenvalue weighted by Crippen LogP contribution is -2.24. The van der Waals surface area contributed by atoms with Crippen molar-refractivity contribution < 1.29 is 19.6 Å². The molecule has 0 bridgehead atoms. The van der Waals surface area contributed by atoms with Crippen molar-refractivity contribution in [3.8, 4) is 0 Å². The monoisotopic (exact) mass is 372 g/mol. The summed E-state index contributed by atoms with van der Waals surface area (Å²) in [6, 6.07) is 10.8. The molecule has 1 aliphatic heterocycles. The first-order chi connectivity index (χ1) is 12.3. The van der Waals surface area contributed by atoms with E-state index in [9.17, 15) is 24.8 Å². The number of hydrogen-bond donors (Lipinski definition) is 1. The molecule has 3 rings (SSSR count). The van der Waals surface area contributed by atoms with Crippen LogP contribution in [0.4, 0.5) is 5.69 Å². The second kappa shape index (κ2) is 6.61. The highest BCUT2D eigenvalue weighted by Crippen LogP contribution is 2.39. The highest BCUT2D eigenvalue weighted by molar-refractivity contribution is 6.46. The summed E-state index contributed by atoms with van der Waals surface area (Å²) in [5.41, 5.74) is 0.376. The lowest BCUT2D eigenvalue weighted by atomic mass is 9.95. The molecule has 1 atom stereocenters. The van der Waals surface area contributed by atoms with Crippen molar-refractivity contribution in [1.82, 2.24) is 4.90 Å². The molecule has 1 amide bonds. The fraction of sp³-hybridized carbons (Fsp3) is 0.111. The summed E-state index contributed by atoms with van der Waals surface area (Å²) in [6.07, 6.45) is 0. The van der Waals surface area contributed by atoms with Gasteiger partial charge in [-0.2, -0.15) is 0 Å². The van der Waals surface area contributed by atoms with Crippen LogP contribution in [0.15, 0.2) is 54.1 Å². The van der Waals surface area contributed by atoms with Crippen LogP contribution in [-0.2, 0) is 9.59 Å². The lowest BCUT2D eigenvalue weighted by Gasteiger charge is -2.20. The molecular weight excluding hydrogens is 360 g/mol. The van der Waals surface area contributed by atoms with Gasteiger partial charge in [0.05, 0.1) is 16.5 Å². The second-order valence-corrected chi connectivity index (χ2v) is 6.21. The normalized spacial score (nSPS) is 19.0. The van der Waals surface area contributed by atoms with E-state index < -0.39 is 22.7 Å². The van der Waals surface area contributed by atoms with E-state index in [-0.39, 0.29) is 17.0 Å². The molecule has 1 heterocycles. The van der Waals surface area contributed by atoms with E-state index in [0.29, 0.717) is 16.1 Å². The molecule has 0 aromatic heterocycles. The number of likely N-dealkylation sites (N-methyl/N-ethyl adjacent to an activating group) is 1. The first-order valence-electron chi connectivity index (χ1n) is 7.56. The Balaban J connectivity index is 2.18. The highest BCUT2D eigenvalue weighted by atomic mass is 35.5. The number of rotatable bonds is 3. The number of likely N-dealkylation sites (tertiary alicyclic amines) is 1. The summed E-state index contributed by atoms with van der Waals surface area (Å²) < 4.78 is 0. The number of Topliss-reactive ketones (excluding diaryl/α,β-unsaturated/α-hetero) is 1. The number of aliphatic hydroxyl groups is 1. The number of ketones is 1. The zero-order valence-corrected chi connectivity index (χ0v) is 14.3. The van der Waals surface area contributed by atoms with E-state index in [0.717, 1.165) is 4.90 Å². The average Bonchev–Trinajstić information content (AvgIpc) is 2.86. The molecule has 1 N–H and O–H groups in total. The van der Waals surface area contributed by atoms with Gasteiger partial charge >= 0.3 is 0 Å². The Hall–Kier alpha value is -3.19. The summed E-state index contributed by atoms with van der Waals surface area (Å²) >= 11 is 5.83. The molecule has 0 aliphatic carbocycles. The van der Waals surface area contributed by atoms with Crippen LogP contribution < -0.4 is 0 Å². The van der Waals surface area contributed by atoms with Gasteiger partial charge < -0.3 is 10.0 Å². The van der Waals surface area contributed by atoms with Crippen LogP contribution in [0.25, 0.3) is 5.76 Å². The largest absolute Gasteiger partial charge is 0.507 e. The number of non-ortho nitro benzene ring substituents is 1. The van der Waals surface area contributed by atoms with Gasteiger partial charge in [0.2, 0.25) is 0 Å². The van der Waals surface area contributed by atoms with Gasteiger partial charge in [-0.15, -0.1) is 0 Å². The van der Waals surface area contributed by atoms with Crippen LogP contribution in [0.1, 0.15) is 17.2 Å². The Bertz CT molecular complexity index is 952. The Kier molecular flexibility index (Phi) is 4.48. The predicted molar refractivity (Wildman–Crippen MR) is 94.6 cm³/mol. The zero-order chi connectivity index (χ0) is 19.0. The maximum atomic E-state index is 12.4. The van der Waals surface area contributed by atoms with E-state index in [2.05, 4.69) is 0 Å². The molecule has 0 radical (unpaired) electrons. The topological polar surface area (TPSA) is 101 Å². The average molecular weight is 373 g/mol. The number of carbonyl (C=O) groups is 2. The smallest absolute Gasteiger partial charge is 0.295 e. The summed E-state index contributed by atoms with van der Waals surface area (Å²) in [5, 5.41) is 22.1. The molecule has 2 aromatic carbocycles. The minimum absolute atomic E-state index is 0.125. The van der Waals surface area contributed by atoms with Crippen LogP contribution in [0.3, 0.4) is 0 Å². The summed E-state index contributed by atoms with van der Waals surface area (Å²) in [4.78, 5) is 36.2. The number of hydrogen-bond acceptors (Lipinski definition) is 5. The fourth-order valence-electron chi connectivity index (χ4n) is 2.91. The third kappa shape index (κ3) is 2.93. The van der Waals surface area contributed by atoms with Gasteiger partial charge in [0.25, 0.3) is 17.4 Å². The lowest BCUT2D eigenvalue weighted by molar-refractivity contribution is -0.384. The molecule has 7 nitrogen and oxygen atoms in total. The molecule has 132 valence electrons. The number of carbonyl (C=O) groups excluding carboxylic acids is 2. The second-order valence-electron chi connectivity index (χ2n) is 5.77. The number of amides is 1. The molecule has 0 saturated carbocycles. The van der Waals surface area contributed by atoms with Gasteiger partial charge in [0.1, 0.15) is 5.76 Å². The van der Waals surface area contributed by atoms with E-state index in [1.807, 2.05) is 0 Å². The minimum Gasteiger partial charge on any atom is -0.507 e. The number of aliphatic hydroxyl groups excluding tert-OH is 1. The summed E-state index contributed by atoms with van der Waals surface area (Å²) in [6.45, 7) is 0. The van der Waals surface area contributed by atoms with Crippen molar-refractivity contribution in [3.63, 3.8) is 0 Å². The Morgan fingerprint density at radius 1 is 1.19 bits per heavy atom. The molecule has 1 saturated heterocycles. The van der Waals surface area contributed by atoms with Crippen LogP contribution in [0, 0.1) is 10.1 Å². The van der Waals surface area contributed by atoms with E-state index in [1.54, 1.807) is 18.2 Å². The van der Waals surface area contributed by atoms with Crippen molar-refractivity contribution >= 4 is 34.7 Å². The molecule has 0 unspecified atom stereocenters. The molecule has 0 spiro atoms. The fourth-order valence-corrected chi connectivity index (χ4v) is 3.04. The quantitative estimate of drug-likeness (QED) is 0.293. The van der Waals surface area contributed by atoms with Crippen LogP contribution in [0.5, 0.6) is 0 Å². The van der Waals surface area contributed by atoms with E-state index >= 15 is 0 Å². The van der Waals surface area contributed by atoms with Crippen molar-refractivity contribution in [3.05, 3.63) is 80.4 Å². The van der Waals surface area contributed by atoms with Crippen LogP contribution >= 0.6 is 11.6 Å². The zero-order valence-electron chi connectivity index (χ0n) is 13.5. The Morgan fingerprint density at radius 2 is 1.85 bits per heavy atom. The van der Waals surface area contributed by atoms with Gasteiger partial charge in [0, 0.05) is 29.8 Å². The number of nitrogens with zero attached hydrogens (tertiary/aromatic N) is 2. The maximum absolute atomic E-state index is 12.4. The van der Waals surface area contributed by atoms with Gasteiger partial charge in [-0.05, 0) is 29.8 Å². The van der Waals surface area contributed by atoms with Crippen molar-refractivity contribution in [2.75, 3.05) is 7.05 Å². The molecular formula is C18H13ClN2O5. The van der Waals surface area contributed by atoms with Gasteiger partial charge in [-0.3, -0.25) is 19.7 Å². The summed E-state index contributed by atoms with van der Waals surface area (Å²) in [5.74, 6) is -2.01. The predicted octanol–water partition coefficient (Wildman–Crippen LogP) is 3.30. The maximum Gasteiger partial charge on any atom is 0.295 e. The van der Waals surface area contributed by atoms with Crippen molar-refractivity contribution in [1.29, 1.82) is 0 Å². The number of halogens is 1. The summed E-state index contributed by atoms with van der Waals surface area (Å²) in [7, 11) is 1.41. The first-order valence-corrected chi connectivity index (χ1v) is 7.94. The minimum atomic E-state index is -0.925.